The number of para-hydroxylation sites is 1. The first-order valence-electron chi connectivity index (χ1n) is 8.00. The second-order valence-electron chi connectivity index (χ2n) is 5.72. The summed E-state index contributed by atoms with van der Waals surface area (Å²) in [5.41, 5.74) is 3.04. The maximum Gasteiger partial charge on any atom is 0.253 e. The van der Waals surface area contributed by atoms with E-state index in [-0.39, 0.29) is 18.4 Å². The van der Waals surface area contributed by atoms with Gasteiger partial charge in [0.2, 0.25) is 5.91 Å². The van der Waals surface area contributed by atoms with Crippen LogP contribution in [0.4, 0.5) is 5.69 Å². The summed E-state index contributed by atoms with van der Waals surface area (Å²) in [6.45, 7) is 4.76. The quantitative estimate of drug-likeness (QED) is 0.940. The highest BCUT2D eigenvalue weighted by atomic mass is 16.5. The zero-order valence-corrected chi connectivity index (χ0v) is 13.8. The van der Waals surface area contributed by atoms with Gasteiger partial charge in [-0.3, -0.25) is 9.59 Å². The lowest BCUT2D eigenvalue weighted by atomic mass is 10.1. The molecule has 0 saturated heterocycles. The minimum Gasteiger partial charge on any atom is -0.494 e. The van der Waals surface area contributed by atoms with Crippen LogP contribution in [0.2, 0.25) is 0 Å². The topological polar surface area (TPSA) is 58.6 Å². The molecule has 24 heavy (non-hydrogen) atoms. The van der Waals surface area contributed by atoms with E-state index in [4.69, 9.17) is 4.74 Å². The third kappa shape index (κ3) is 3.11. The minimum atomic E-state index is -0.220. The Kier molecular flexibility index (Phi) is 4.51. The Morgan fingerprint density at radius 2 is 1.96 bits per heavy atom. The number of carbonyl (C=O) groups is 2. The summed E-state index contributed by atoms with van der Waals surface area (Å²) < 4.78 is 5.65. The summed E-state index contributed by atoms with van der Waals surface area (Å²) in [6.07, 6.45) is 0. The van der Waals surface area contributed by atoms with Crippen molar-refractivity contribution >= 4 is 17.5 Å². The van der Waals surface area contributed by atoms with E-state index < -0.39 is 0 Å². The maximum absolute atomic E-state index is 12.6. The van der Waals surface area contributed by atoms with Crippen LogP contribution in [-0.4, -0.2) is 25.0 Å². The number of rotatable bonds is 4. The fourth-order valence-corrected chi connectivity index (χ4v) is 2.82. The fraction of sp³-hybridized carbons (Fsp3) is 0.263. The molecule has 0 fully saturated rings. The standard InChI is InChI=1S/C19H20N2O3/c1-3-24-17-7-5-4-6-14(17)12-21-16-9-8-13(2)10-15(16)19(23)20-11-18(21)22/h4-10H,3,11-12H2,1-2H3,(H,20,23). The van der Waals surface area contributed by atoms with Gasteiger partial charge in [-0.05, 0) is 32.0 Å². The Balaban J connectivity index is 2.02. The molecule has 124 valence electrons. The molecule has 1 heterocycles. The number of amides is 2. The number of anilines is 1. The molecule has 0 saturated carbocycles. The van der Waals surface area contributed by atoms with E-state index in [1.54, 1.807) is 4.90 Å². The highest BCUT2D eigenvalue weighted by molar-refractivity contribution is 6.09. The van der Waals surface area contributed by atoms with Gasteiger partial charge in [-0.2, -0.15) is 0 Å². The van der Waals surface area contributed by atoms with Gasteiger partial charge in [-0.15, -0.1) is 0 Å². The number of hydrogen-bond acceptors (Lipinski definition) is 3. The molecule has 2 amide bonds. The molecule has 0 radical (unpaired) electrons. The lowest BCUT2D eigenvalue weighted by molar-refractivity contribution is -0.117. The normalized spacial score (nSPS) is 14.0. The Labute approximate surface area is 141 Å². The second kappa shape index (κ2) is 6.74. The van der Waals surface area contributed by atoms with Crippen LogP contribution >= 0.6 is 0 Å². The second-order valence-corrected chi connectivity index (χ2v) is 5.72. The van der Waals surface area contributed by atoms with Crippen LogP contribution < -0.4 is 15.0 Å². The summed E-state index contributed by atoms with van der Waals surface area (Å²) in [5, 5.41) is 2.67. The largest absolute Gasteiger partial charge is 0.494 e. The number of benzene rings is 2. The van der Waals surface area contributed by atoms with Crippen molar-refractivity contribution in [2.24, 2.45) is 0 Å². The molecular weight excluding hydrogens is 304 g/mol. The molecule has 2 aromatic carbocycles. The van der Waals surface area contributed by atoms with Crippen LogP contribution in [-0.2, 0) is 11.3 Å². The molecule has 0 aromatic heterocycles. The van der Waals surface area contributed by atoms with Crippen LogP contribution in [0.5, 0.6) is 5.75 Å². The molecule has 0 aliphatic carbocycles. The summed E-state index contributed by atoms with van der Waals surface area (Å²) in [7, 11) is 0. The number of hydrogen-bond donors (Lipinski definition) is 1. The Morgan fingerprint density at radius 3 is 2.75 bits per heavy atom. The van der Waals surface area contributed by atoms with E-state index in [1.807, 2.05) is 56.3 Å². The van der Waals surface area contributed by atoms with Crippen LogP contribution in [0, 0.1) is 6.92 Å². The van der Waals surface area contributed by atoms with Crippen molar-refractivity contribution in [3.8, 4) is 5.75 Å². The van der Waals surface area contributed by atoms with E-state index in [1.165, 1.54) is 0 Å². The van der Waals surface area contributed by atoms with Crippen molar-refractivity contribution in [3.05, 3.63) is 59.2 Å². The predicted octanol–water partition coefficient (Wildman–Crippen LogP) is 2.67. The van der Waals surface area contributed by atoms with Crippen LogP contribution in [0.3, 0.4) is 0 Å². The SMILES string of the molecule is CCOc1ccccc1CN1C(=O)CNC(=O)c2cc(C)ccc21. The molecule has 0 unspecified atom stereocenters. The van der Waals surface area contributed by atoms with Crippen molar-refractivity contribution in [3.63, 3.8) is 0 Å². The van der Waals surface area contributed by atoms with Crippen molar-refractivity contribution in [1.29, 1.82) is 0 Å². The smallest absolute Gasteiger partial charge is 0.253 e. The third-order valence-electron chi connectivity index (χ3n) is 3.99. The molecule has 1 N–H and O–H groups in total. The van der Waals surface area contributed by atoms with Gasteiger partial charge >= 0.3 is 0 Å². The number of aryl methyl sites for hydroxylation is 1. The molecule has 3 rings (SSSR count). The summed E-state index contributed by atoms with van der Waals surface area (Å²) in [5.74, 6) is 0.393. The molecule has 0 spiro atoms. The van der Waals surface area contributed by atoms with E-state index in [0.29, 0.717) is 24.4 Å². The predicted molar refractivity (Wildman–Crippen MR) is 92.3 cm³/mol. The molecular formula is C19H20N2O3. The first kappa shape index (κ1) is 16.1. The highest BCUT2D eigenvalue weighted by Gasteiger charge is 2.27. The van der Waals surface area contributed by atoms with Crippen molar-refractivity contribution in [1.82, 2.24) is 5.32 Å². The van der Waals surface area contributed by atoms with Gasteiger partial charge in [0.15, 0.2) is 0 Å². The number of ether oxygens (including phenoxy) is 1. The van der Waals surface area contributed by atoms with Crippen molar-refractivity contribution < 1.29 is 14.3 Å². The van der Waals surface area contributed by atoms with E-state index in [0.717, 1.165) is 16.9 Å². The first-order valence-corrected chi connectivity index (χ1v) is 8.00. The van der Waals surface area contributed by atoms with Crippen molar-refractivity contribution in [2.45, 2.75) is 20.4 Å². The molecule has 2 aromatic rings. The minimum absolute atomic E-state index is 0.0106. The van der Waals surface area contributed by atoms with Crippen LogP contribution in [0.25, 0.3) is 0 Å². The highest BCUT2D eigenvalue weighted by Crippen LogP contribution is 2.28. The molecule has 5 nitrogen and oxygen atoms in total. The lowest BCUT2D eigenvalue weighted by Crippen LogP contribution is -2.36. The number of fused-ring (bicyclic) bond motifs is 1. The van der Waals surface area contributed by atoms with Crippen molar-refractivity contribution in [2.75, 3.05) is 18.1 Å². The first-order chi connectivity index (χ1) is 11.6. The average Bonchev–Trinajstić information content (AvgIpc) is 2.69. The van der Waals surface area contributed by atoms with Gasteiger partial charge in [0, 0.05) is 5.56 Å². The average molecular weight is 324 g/mol. The van der Waals surface area contributed by atoms with Gasteiger partial charge in [0.1, 0.15) is 5.75 Å². The maximum atomic E-state index is 12.6. The monoisotopic (exact) mass is 324 g/mol. The van der Waals surface area contributed by atoms with Gasteiger partial charge in [0.05, 0.1) is 30.9 Å². The van der Waals surface area contributed by atoms with Gasteiger partial charge in [0.25, 0.3) is 5.91 Å². The summed E-state index contributed by atoms with van der Waals surface area (Å²) in [6, 6.07) is 13.2. The van der Waals surface area contributed by atoms with Crippen LogP contribution in [0.1, 0.15) is 28.4 Å². The molecule has 1 aliphatic rings. The molecule has 5 heteroatoms. The van der Waals surface area contributed by atoms with Gasteiger partial charge in [-0.1, -0.05) is 29.8 Å². The number of carbonyl (C=O) groups excluding carboxylic acids is 2. The summed E-state index contributed by atoms with van der Waals surface area (Å²) >= 11 is 0. The zero-order chi connectivity index (χ0) is 17.1. The van der Waals surface area contributed by atoms with Crippen LogP contribution in [0.15, 0.2) is 42.5 Å². The molecule has 0 atom stereocenters. The Bertz CT molecular complexity index is 786. The van der Waals surface area contributed by atoms with Gasteiger partial charge < -0.3 is 15.0 Å². The zero-order valence-electron chi connectivity index (χ0n) is 13.8. The molecule has 0 bridgehead atoms. The fourth-order valence-electron chi connectivity index (χ4n) is 2.82. The Hall–Kier alpha value is -2.82. The van der Waals surface area contributed by atoms with E-state index in [2.05, 4.69) is 5.32 Å². The van der Waals surface area contributed by atoms with Gasteiger partial charge in [-0.25, -0.2) is 0 Å². The molecule has 1 aliphatic heterocycles. The lowest BCUT2D eigenvalue weighted by Gasteiger charge is -2.23. The summed E-state index contributed by atoms with van der Waals surface area (Å²) in [4.78, 5) is 26.5. The van der Waals surface area contributed by atoms with E-state index >= 15 is 0 Å². The number of nitrogens with one attached hydrogen (secondary N) is 1. The van der Waals surface area contributed by atoms with E-state index in [9.17, 15) is 9.59 Å². The number of nitrogens with zero attached hydrogens (tertiary/aromatic N) is 1. The Morgan fingerprint density at radius 1 is 1.17 bits per heavy atom. The third-order valence-corrected chi connectivity index (χ3v) is 3.99.